The van der Waals surface area contributed by atoms with Gasteiger partial charge >= 0.3 is 0 Å². The van der Waals surface area contributed by atoms with E-state index in [1.165, 1.54) is 0 Å². The van der Waals surface area contributed by atoms with Gasteiger partial charge < -0.3 is 25.5 Å². The van der Waals surface area contributed by atoms with Crippen LogP contribution in [0.3, 0.4) is 0 Å². The molecule has 1 rings (SSSR count). The van der Waals surface area contributed by atoms with E-state index in [1.807, 2.05) is 0 Å². The molecule has 14 heavy (non-hydrogen) atoms. The Morgan fingerprint density at radius 1 is 0.929 bits per heavy atom. The number of rotatable bonds is 1. The molecule has 1 aliphatic carbocycles. The zero-order valence-corrected chi connectivity index (χ0v) is 7.09. The van der Waals surface area contributed by atoms with Crippen LogP contribution >= 0.6 is 0 Å². The zero-order valence-electron chi connectivity index (χ0n) is 7.09. The highest BCUT2D eigenvalue weighted by Crippen LogP contribution is 2.38. The molecule has 0 amide bonds. The Bertz CT molecular complexity index is 212. The van der Waals surface area contributed by atoms with Crippen LogP contribution in [0.2, 0.25) is 0 Å². The van der Waals surface area contributed by atoms with Crippen LogP contribution in [-0.2, 0) is 0 Å². The summed E-state index contributed by atoms with van der Waals surface area (Å²) in [5.74, 6) is -5.80. The van der Waals surface area contributed by atoms with E-state index in [2.05, 4.69) is 0 Å². The fraction of sp³-hybridized carbons (Fsp3) is 1.00. The van der Waals surface area contributed by atoms with Crippen molar-refractivity contribution in [3.63, 3.8) is 0 Å². The Kier molecular flexibility index (Phi) is 3.07. The van der Waals surface area contributed by atoms with Crippen LogP contribution in [0.5, 0.6) is 0 Å². The Labute approximate surface area is 78.2 Å². The largest absolute Gasteiger partial charge is 0.396 e. The topological polar surface area (TPSA) is 101 Å². The summed E-state index contributed by atoms with van der Waals surface area (Å²) in [5.41, 5.74) is 0. The van der Waals surface area contributed by atoms with E-state index in [9.17, 15) is 8.78 Å². The van der Waals surface area contributed by atoms with Crippen molar-refractivity contribution in [2.75, 3.05) is 6.61 Å². The highest BCUT2D eigenvalue weighted by Gasteiger charge is 2.60. The highest BCUT2D eigenvalue weighted by atomic mass is 19.3. The minimum atomic E-state index is -3.83. The van der Waals surface area contributed by atoms with Crippen molar-refractivity contribution < 1.29 is 34.3 Å². The average molecular weight is 214 g/mol. The summed E-state index contributed by atoms with van der Waals surface area (Å²) in [6.45, 7) is -1.09. The van der Waals surface area contributed by atoms with Gasteiger partial charge in [-0.1, -0.05) is 0 Å². The molecule has 0 bridgehead atoms. The van der Waals surface area contributed by atoms with Crippen LogP contribution in [0.1, 0.15) is 0 Å². The van der Waals surface area contributed by atoms with Crippen molar-refractivity contribution in [3.8, 4) is 0 Å². The normalized spacial score (nSPS) is 47.8. The van der Waals surface area contributed by atoms with Crippen molar-refractivity contribution in [2.45, 2.75) is 30.3 Å². The second-order valence-electron chi connectivity index (χ2n) is 3.38. The van der Waals surface area contributed by atoms with Crippen LogP contribution < -0.4 is 0 Å². The predicted octanol–water partition coefficient (Wildman–Crippen LogP) is -2.31. The van der Waals surface area contributed by atoms with Gasteiger partial charge in [-0.15, -0.1) is 0 Å². The highest BCUT2D eigenvalue weighted by molar-refractivity contribution is 5.02. The maximum Gasteiger partial charge on any atom is 0.283 e. The second kappa shape index (κ2) is 3.67. The molecule has 1 aliphatic rings. The van der Waals surface area contributed by atoms with Crippen molar-refractivity contribution in [1.29, 1.82) is 0 Å². The maximum absolute atomic E-state index is 13.1. The van der Waals surface area contributed by atoms with Crippen LogP contribution in [0.15, 0.2) is 0 Å². The maximum atomic E-state index is 13.1. The van der Waals surface area contributed by atoms with Gasteiger partial charge in [0.05, 0.1) is 18.6 Å². The second-order valence-corrected chi connectivity index (χ2v) is 3.38. The molecule has 0 aliphatic heterocycles. The average Bonchev–Trinajstić information content (AvgIpc) is 2.13. The van der Waals surface area contributed by atoms with Crippen molar-refractivity contribution in [3.05, 3.63) is 0 Å². The third kappa shape index (κ3) is 1.51. The molecule has 0 heterocycles. The fourth-order valence-electron chi connectivity index (χ4n) is 1.53. The van der Waals surface area contributed by atoms with Crippen molar-refractivity contribution in [1.82, 2.24) is 0 Å². The first-order valence-corrected chi connectivity index (χ1v) is 4.05. The van der Waals surface area contributed by atoms with Gasteiger partial charge in [0.1, 0.15) is 18.3 Å². The van der Waals surface area contributed by atoms with Crippen LogP contribution in [0.4, 0.5) is 8.78 Å². The summed E-state index contributed by atoms with van der Waals surface area (Å²) in [7, 11) is 0. The molecule has 0 aromatic carbocycles. The monoisotopic (exact) mass is 214 g/mol. The van der Waals surface area contributed by atoms with Gasteiger partial charge in [0.25, 0.3) is 5.92 Å². The standard InChI is InChI=1S/C7H12F2O5/c8-7(9)2(1-10)3(11)4(12)5(13)6(7)14/h2-6,10-14H,1H2/t2-,3-,4+,5+,6+/m1/s1. The Morgan fingerprint density at radius 3 is 1.86 bits per heavy atom. The molecule has 0 spiro atoms. The SMILES string of the molecule is OC[C@@H]1[C@@H](O)[C@H](O)[C@H](O)[C@H](O)C1(F)F. The molecule has 5 atom stereocenters. The van der Waals surface area contributed by atoms with Gasteiger partial charge in [-0.2, -0.15) is 0 Å². The first kappa shape index (κ1) is 11.7. The van der Waals surface area contributed by atoms with Crippen LogP contribution in [0, 0.1) is 5.92 Å². The Balaban J connectivity index is 2.96. The van der Waals surface area contributed by atoms with E-state index < -0.39 is 42.9 Å². The van der Waals surface area contributed by atoms with E-state index in [4.69, 9.17) is 25.5 Å². The lowest BCUT2D eigenvalue weighted by Gasteiger charge is -2.43. The molecule has 0 radical (unpaired) electrons. The fourth-order valence-corrected chi connectivity index (χ4v) is 1.53. The molecule has 5 nitrogen and oxygen atoms in total. The molecular formula is C7H12F2O5. The third-order valence-electron chi connectivity index (χ3n) is 2.52. The Morgan fingerprint density at radius 2 is 1.43 bits per heavy atom. The minimum Gasteiger partial charge on any atom is -0.396 e. The van der Waals surface area contributed by atoms with E-state index >= 15 is 0 Å². The summed E-state index contributed by atoms with van der Waals surface area (Å²) < 4.78 is 26.2. The molecule has 1 fully saturated rings. The van der Waals surface area contributed by atoms with Gasteiger partial charge in [-0.3, -0.25) is 0 Å². The summed E-state index contributed by atoms with van der Waals surface area (Å²) in [6.07, 6.45) is -8.46. The van der Waals surface area contributed by atoms with Gasteiger partial charge in [0, 0.05) is 0 Å². The zero-order chi connectivity index (χ0) is 11.1. The molecule has 0 unspecified atom stereocenters. The first-order valence-electron chi connectivity index (χ1n) is 4.05. The van der Waals surface area contributed by atoms with Gasteiger partial charge in [0.2, 0.25) is 0 Å². The molecular weight excluding hydrogens is 202 g/mol. The summed E-state index contributed by atoms with van der Waals surface area (Å²) in [5, 5.41) is 44.6. The summed E-state index contributed by atoms with van der Waals surface area (Å²) >= 11 is 0. The number of halogens is 2. The van der Waals surface area contributed by atoms with Crippen molar-refractivity contribution in [2.24, 2.45) is 5.92 Å². The molecule has 0 saturated heterocycles. The first-order chi connectivity index (χ1) is 6.34. The molecule has 84 valence electrons. The third-order valence-corrected chi connectivity index (χ3v) is 2.52. The lowest BCUT2D eigenvalue weighted by molar-refractivity contribution is -0.273. The van der Waals surface area contributed by atoms with E-state index in [1.54, 1.807) is 0 Å². The van der Waals surface area contributed by atoms with Crippen LogP contribution in [0.25, 0.3) is 0 Å². The van der Waals surface area contributed by atoms with Crippen molar-refractivity contribution >= 4 is 0 Å². The lowest BCUT2D eigenvalue weighted by Crippen LogP contribution is -2.65. The van der Waals surface area contributed by atoms with E-state index in [0.29, 0.717) is 0 Å². The molecule has 1 saturated carbocycles. The quantitative estimate of drug-likeness (QED) is 0.337. The molecule has 0 aromatic heterocycles. The number of hydrogen-bond donors (Lipinski definition) is 5. The number of hydrogen-bond acceptors (Lipinski definition) is 5. The number of aliphatic hydroxyl groups excluding tert-OH is 5. The minimum absolute atomic E-state index is 1.09. The van der Waals surface area contributed by atoms with Crippen LogP contribution in [-0.4, -0.2) is 62.5 Å². The molecule has 0 aromatic rings. The lowest BCUT2D eigenvalue weighted by atomic mass is 9.78. The Hall–Kier alpha value is -0.340. The van der Waals surface area contributed by atoms with Gasteiger partial charge in [0.15, 0.2) is 0 Å². The molecule has 7 heteroatoms. The smallest absolute Gasteiger partial charge is 0.283 e. The summed E-state index contributed by atoms with van der Waals surface area (Å²) in [6, 6.07) is 0. The van der Waals surface area contributed by atoms with Gasteiger partial charge in [-0.05, 0) is 0 Å². The summed E-state index contributed by atoms with van der Waals surface area (Å²) in [4.78, 5) is 0. The molecule has 5 N–H and O–H groups in total. The number of alkyl halides is 2. The van der Waals surface area contributed by atoms with E-state index in [-0.39, 0.29) is 0 Å². The van der Waals surface area contributed by atoms with E-state index in [0.717, 1.165) is 0 Å². The number of aliphatic hydroxyl groups is 5. The predicted molar refractivity (Wildman–Crippen MR) is 39.6 cm³/mol. The van der Waals surface area contributed by atoms with Gasteiger partial charge in [-0.25, -0.2) is 8.78 Å².